The predicted octanol–water partition coefficient (Wildman–Crippen LogP) is 5.16. The first-order chi connectivity index (χ1) is 8.56. The largest absolute Gasteiger partial charge is 0.381 e. The summed E-state index contributed by atoms with van der Waals surface area (Å²) in [6, 6.07) is 10.8. The van der Waals surface area contributed by atoms with Crippen LogP contribution in [0.4, 0.5) is 10.1 Å². The second-order valence-electron chi connectivity index (χ2n) is 4.06. The molecular weight excluding hydrogens is 317 g/mol. The van der Waals surface area contributed by atoms with Gasteiger partial charge in [-0.2, -0.15) is 0 Å². The van der Waals surface area contributed by atoms with Gasteiger partial charge < -0.3 is 5.32 Å². The van der Waals surface area contributed by atoms with E-state index in [1.807, 2.05) is 25.1 Å². The zero-order valence-corrected chi connectivity index (χ0v) is 12.1. The Kier molecular flexibility index (Phi) is 4.25. The fourth-order valence-corrected chi connectivity index (χ4v) is 2.35. The Labute approximate surface area is 119 Å². The van der Waals surface area contributed by atoms with E-state index in [1.54, 1.807) is 12.1 Å². The highest BCUT2D eigenvalue weighted by atomic mass is 79.9. The molecule has 18 heavy (non-hydrogen) atoms. The summed E-state index contributed by atoms with van der Waals surface area (Å²) < 4.78 is 14.1. The molecule has 2 aromatic rings. The molecule has 0 bridgehead atoms. The minimum absolute atomic E-state index is 0.154. The van der Waals surface area contributed by atoms with E-state index in [1.165, 1.54) is 6.07 Å². The van der Waals surface area contributed by atoms with Crippen LogP contribution in [0.25, 0.3) is 0 Å². The highest BCUT2D eigenvalue weighted by molar-refractivity contribution is 9.10. The summed E-state index contributed by atoms with van der Waals surface area (Å²) in [4.78, 5) is 0. The van der Waals surface area contributed by atoms with Gasteiger partial charge in [0.05, 0.1) is 5.02 Å². The van der Waals surface area contributed by atoms with Gasteiger partial charge in [0.15, 0.2) is 0 Å². The lowest BCUT2D eigenvalue weighted by molar-refractivity contribution is 0.627. The van der Waals surface area contributed by atoms with Crippen molar-refractivity contribution in [2.75, 3.05) is 5.32 Å². The summed E-state index contributed by atoms with van der Waals surface area (Å²) in [6.45, 7) is 2.65. The molecule has 94 valence electrons. The van der Waals surface area contributed by atoms with Gasteiger partial charge in [-0.25, -0.2) is 4.39 Å². The number of anilines is 1. The monoisotopic (exact) mass is 327 g/mol. The summed E-state index contributed by atoms with van der Waals surface area (Å²) in [7, 11) is 0. The number of halogens is 3. The lowest BCUT2D eigenvalue weighted by Gasteiger charge is -2.10. The minimum atomic E-state index is -0.389. The third-order valence-electron chi connectivity index (χ3n) is 2.66. The van der Waals surface area contributed by atoms with Crippen LogP contribution in [0.1, 0.15) is 11.1 Å². The molecule has 0 aliphatic rings. The maximum absolute atomic E-state index is 13.0. The van der Waals surface area contributed by atoms with Crippen LogP contribution in [0.5, 0.6) is 0 Å². The van der Waals surface area contributed by atoms with Gasteiger partial charge in [0.2, 0.25) is 0 Å². The topological polar surface area (TPSA) is 12.0 Å². The highest BCUT2D eigenvalue weighted by Gasteiger charge is 2.02. The van der Waals surface area contributed by atoms with Crippen molar-refractivity contribution < 1.29 is 4.39 Å². The zero-order chi connectivity index (χ0) is 13.1. The zero-order valence-electron chi connectivity index (χ0n) is 9.81. The third kappa shape index (κ3) is 3.24. The average Bonchev–Trinajstić information content (AvgIpc) is 2.32. The van der Waals surface area contributed by atoms with Crippen LogP contribution in [0.3, 0.4) is 0 Å². The molecule has 2 rings (SSSR count). The number of benzene rings is 2. The predicted molar refractivity (Wildman–Crippen MR) is 77.6 cm³/mol. The Bertz CT molecular complexity index is 572. The van der Waals surface area contributed by atoms with Crippen LogP contribution in [0, 0.1) is 12.7 Å². The second kappa shape index (κ2) is 5.72. The molecule has 4 heteroatoms. The SMILES string of the molecule is Cc1cc(Br)ccc1NCc1ccc(F)c(Cl)c1. The second-order valence-corrected chi connectivity index (χ2v) is 5.38. The number of aryl methyl sites for hydroxylation is 1. The fourth-order valence-electron chi connectivity index (χ4n) is 1.67. The van der Waals surface area contributed by atoms with Crippen molar-refractivity contribution in [2.24, 2.45) is 0 Å². The number of nitrogens with one attached hydrogen (secondary N) is 1. The Balaban J connectivity index is 2.09. The molecule has 0 amide bonds. The smallest absolute Gasteiger partial charge is 0.141 e. The van der Waals surface area contributed by atoms with Crippen molar-refractivity contribution in [1.29, 1.82) is 0 Å². The van der Waals surface area contributed by atoms with Gasteiger partial charge in [0.1, 0.15) is 5.82 Å². The molecule has 0 unspecified atom stereocenters. The first-order valence-corrected chi connectivity index (χ1v) is 6.67. The normalized spacial score (nSPS) is 10.4. The summed E-state index contributed by atoms with van der Waals surface area (Å²) in [6.07, 6.45) is 0. The molecule has 0 saturated carbocycles. The molecule has 0 aliphatic carbocycles. The van der Waals surface area contributed by atoms with E-state index < -0.39 is 0 Å². The van der Waals surface area contributed by atoms with Crippen LogP contribution in [0.2, 0.25) is 5.02 Å². The molecule has 0 atom stereocenters. The number of rotatable bonds is 3. The van der Waals surface area contributed by atoms with Crippen molar-refractivity contribution in [3.63, 3.8) is 0 Å². The van der Waals surface area contributed by atoms with Crippen LogP contribution in [0.15, 0.2) is 40.9 Å². The Hall–Kier alpha value is -1.06. The van der Waals surface area contributed by atoms with Gasteiger partial charge in [-0.3, -0.25) is 0 Å². The summed E-state index contributed by atoms with van der Waals surface area (Å²) in [5.41, 5.74) is 3.15. The molecule has 0 aromatic heterocycles. The van der Waals surface area contributed by atoms with Crippen LogP contribution < -0.4 is 5.32 Å². The van der Waals surface area contributed by atoms with Gasteiger partial charge >= 0.3 is 0 Å². The first kappa shape index (κ1) is 13.4. The summed E-state index contributed by atoms with van der Waals surface area (Å²) >= 11 is 9.16. The van der Waals surface area contributed by atoms with E-state index in [4.69, 9.17) is 11.6 Å². The van der Waals surface area contributed by atoms with E-state index in [0.717, 1.165) is 21.3 Å². The lowest BCUT2D eigenvalue weighted by atomic mass is 10.2. The van der Waals surface area contributed by atoms with Crippen LogP contribution >= 0.6 is 27.5 Å². The standard InChI is InChI=1S/C14H12BrClFN/c1-9-6-11(15)3-5-14(9)18-8-10-2-4-13(17)12(16)7-10/h2-7,18H,8H2,1H3. The van der Waals surface area contributed by atoms with Crippen molar-refractivity contribution >= 4 is 33.2 Å². The summed E-state index contributed by atoms with van der Waals surface area (Å²) in [5.74, 6) is -0.389. The molecule has 0 saturated heterocycles. The van der Waals surface area contributed by atoms with Crippen molar-refractivity contribution in [3.8, 4) is 0 Å². The van der Waals surface area contributed by atoms with Gasteiger partial charge in [0, 0.05) is 16.7 Å². The van der Waals surface area contributed by atoms with E-state index in [9.17, 15) is 4.39 Å². The van der Waals surface area contributed by atoms with Crippen LogP contribution in [-0.2, 0) is 6.54 Å². The number of hydrogen-bond donors (Lipinski definition) is 1. The van der Waals surface area contributed by atoms with Gasteiger partial charge in [-0.1, -0.05) is 33.6 Å². The molecule has 1 nitrogen and oxygen atoms in total. The molecular formula is C14H12BrClFN. The highest BCUT2D eigenvalue weighted by Crippen LogP contribution is 2.21. The maximum atomic E-state index is 13.0. The lowest BCUT2D eigenvalue weighted by Crippen LogP contribution is -2.01. The third-order valence-corrected chi connectivity index (χ3v) is 3.44. The van der Waals surface area contributed by atoms with Crippen LogP contribution in [-0.4, -0.2) is 0 Å². The van der Waals surface area contributed by atoms with Crippen molar-refractivity contribution in [3.05, 3.63) is 62.8 Å². The van der Waals surface area contributed by atoms with Crippen molar-refractivity contribution in [2.45, 2.75) is 13.5 Å². The Morgan fingerprint density at radius 1 is 1.22 bits per heavy atom. The molecule has 2 aromatic carbocycles. The molecule has 0 heterocycles. The van der Waals surface area contributed by atoms with E-state index in [2.05, 4.69) is 21.2 Å². The molecule has 0 aliphatic heterocycles. The van der Waals surface area contributed by atoms with E-state index >= 15 is 0 Å². The Morgan fingerprint density at radius 3 is 2.67 bits per heavy atom. The van der Waals surface area contributed by atoms with Gasteiger partial charge in [-0.05, 0) is 48.4 Å². The summed E-state index contributed by atoms with van der Waals surface area (Å²) in [5, 5.41) is 3.46. The molecule has 0 radical (unpaired) electrons. The Morgan fingerprint density at radius 2 is 2.00 bits per heavy atom. The maximum Gasteiger partial charge on any atom is 0.141 e. The van der Waals surface area contributed by atoms with E-state index in [0.29, 0.717) is 6.54 Å². The molecule has 1 N–H and O–H groups in total. The fraction of sp³-hybridized carbons (Fsp3) is 0.143. The van der Waals surface area contributed by atoms with Crippen molar-refractivity contribution in [1.82, 2.24) is 0 Å². The first-order valence-electron chi connectivity index (χ1n) is 5.50. The molecule has 0 spiro atoms. The minimum Gasteiger partial charge on any atom is -0.381 e. The molecule has 0 fully saturated rings. The van der Waals surface area contributed by atoms with Gasteiger partial charge in [0.25, 0.3) is 0 Å². The van der Waals surface area contributed by atoms with Gasteiger partial charge in [-0.15, -0.1) is 0 Å². The average molecular weight is 329 g/mol. The number of hydrogen-bond acceptors (Lipinski definition) is 1. The van der Waals surface area contributed by atoms with E-state index in [-0.39, 0.29) is 10.8 Å². The quantitative estimate of drug-likeness (QED) is 0.820.